The Hall–Kier alpha value is -3.28. The summed E-state index contributed by atoms with van der Waals surface area (Å²) >= 11 is 0. The van der Waals surface area contributed by atoms with Crippen LogP contribution in [0.2, 0.25) is 0 Å². The van der Waals surface area contributed by atoms with E-state index in [1.807, 2.05) is 28.9 Å². The minimum atomic E-state index is 0.0487. The second-order valence-corrected chi connectivity index (χ2v) is 11.8. The van der Waals surface area contributed by atoms with Gasteiger partial charge >= 0.3 is 0 Å². The van der Waals surface area contributed by atoms with E-state index in [9.17, 15) is 4.79 Å². The minimum absolute atomic E-state index is 0.0487. The second-order valence-electron chi connectivity index (χ2n) is 11.8. The maximum absolute atomic E-state index is 14.2. The van der Waals surface area contributed by atoms with Gasteiger partial charge in [0.25, 0.3) is 5.91 Å². The Morgan fingerprint density at radius 1 is 1.00 bits per heavy atom. The maximum Gasteiger partial charge on any atom is 0.272 e. The number of amides is 1. The van der Waals surface area contributed by atoms with E-state index in [-0.39, 0.29) is 22.8 Å². The van der Waals surface area contributed by atoms with E-state index in [2.05, 4.69) is 57.7 Å². The van der Waals surface area contributed by atoms with Gasteiger partial charge in [-0.2, -0.15) is 5.10 Å². The lowest BCUT2D eigenvalue weighted by Gasteiger charge is -2.39. The van der Waals surface area contributed by atoms with Crippen molar-refractivity contribution in [2.75, 3.05) is 20.8 Å². The lowest BCUT2D eigenvalue weighted by Crippen LogP contribution is -2.38. The van der Waals surface area contributed by atoms with Gasteiger partial charge in [-0.05, 0) is 73.8 Å². The first-order valence-corrected chi connectivity index (χ1v) is 12.7. The van der Waals surface area contributed by atoms with Crippen molar-refractivity contribution < 1.29 is 14.3 Å². The Balaban J connectivity index is 1.63. The van der Waals surface area contributed by atoms with E-state index >= 15 is 0 Å². The fraction of sp³-hybridized carbons (Fsp3) is 0.467. The SMILES string of the molecule is COc1ccc(-c2cc(C(=O)N3CC4(C)CC3CC(C)(C)C4)n(-c3ccc(C)cc3C)n2)c(OC)c1. The fourth-order valence-electron chi connectivity index (χ4n) is 6.75. The lowest BCUT2D eigenvalue weighted by atomic mass is 9.65. The van der Waals surface area contributed by atoms with Gasteiger partial charge in [-0.25, -0.2) is 4.68 Å². The van der Waals surface area contributed by atoms with Crippen LogP contribution in [0.4, 0.5) is 0 Å². The molecule has 2 unspecified atom stereocenters. The molecular formula is C30H37N3O3. The topological polar surface area (TPSA) is 56.6 Å². The van der Waals surface area contributed by atoms with Crippen molar-refractivity contribution in [3.05, 3.63) is 59.3 Å². The van der Waals surface area contributed by atoms with E-state index in [0.717, 1.165) is 42.6 Å². The molecule has 190 valence electrons. The number of aryl methyl sites for hydroxylation is 2. The number of methoxy groups -OCH3 is 2. The number of carbonyl (C=O) groups excluding carboxylic acids is 1. The quantitative estimate of drug-likeness (QED) is 0.429. The molecule has 1 saturated heterocycles. The van der Waals surface area contributed by atoms with Crippen LogP contribution in [0.5, 0.6) is 11.5 Å². The number of aromatic nitrogens is 2. The third kappa shape index (κ3) is 4.27. The van der Waals surface area contributed by atoms with Crippen LogP contribution >= 0.6 is 0 Å². The van der Waals surface area contributed by atoms with Gasteiger partial charge in [-0.1, -0.05) is 38.5 Å². The summed E-state index contributed by atoms with van der Waals surface area (Å²) in [7, 11) is 3.27. The predicted octanol–water partition coefficient (Wildman–Crippen LogP) is 6.21. The van der Waals surface area contributed by atoms with E-state index in [0.29, 0.717) is 22.9 Å². The standard InChI is InChI=1S/C30H37N3O3/c1-19-8-11-25(20(2)12-19)33-26(14-24(31-33)23-10-9-22(35-6)13-27(23)36-7)28(34)32-18-30(5)16-21(32)15-29(3,4)17-30/h8-14,21H,15-18H2,1-7H3. The molecule has 36 heavy (non-hydrogen) atoms. The summed E-state index contributed by atoms with van der Waals surface area (Å²) in [5, 5.41) is 4.98. The van der Waals surface area contributed by atoms with Crippen LogP contribution in [-0.2, 0) is 0 Å². The molecule has 5 rings (SSSR count). The van der Waals surface area contributed by atoms with Gasteiger partial charge in [-0.3, -0.25) is 4.79 Å². The zero-order valence-electron chi connectivity index (χ0n) is 22.5. The van der Waals surface area contributed by atoms with Crippen LogP contribution in [0, 0.1) is 24.7 Å². The van der Waals surface area contributed by atoms with Gasteiger partial charge in [0, 0.05) is 24.2 Å². The Morgan fingerprint density at radius 3 is 2.47 bits per heavy atom. The normalized spacial score (nSPS) is 22.5. The summed E-state index contributed by atoms with van der Waals surface area (Å²) in [5.41, 5.74) is 5.68. The zero-order valence-corrected chi connectivity index (χ0v) is 22.5. The zero-order chi connectivity index (χ0) is 25.8. The van der Waals surface area contributed by atoms with Gasteiger partial charge < -0.3 is 14.4 Å². The fourth-order valence-corrected chi connectivity index (χ4v) is 6.75. The molecule has 6 nitrogen and oxygen atoms in total. The summed E-state index contributed by atoms with van der Waals surface area (Å²) in [4.78, 5) is 16.3. The number of rotatable bonds is 5. The monoisotopic (exact) mass is 487 g/mol. The highest BCUT2D eigenvalue weighted by Gasteiger charge is 2.51. The highest BCUT2D eigenvalue weighted by molar-refractivity contribution is 5.95. The van der Waals surface area contributed by atoms with E-state index in [4.69, 9.17) is 14.6 Å². The molecule has 3 aromatic rings. The summed E-state index contributed by atoms with van der Waals surface area (Å²) in [6.45, 7) is 11.9. The summed E-state index contributed by atoms with van der Waals surface area (Å²) in [6.07, 6.45) is 3.25. The van der Waals surface area contributed by atoms with Crippen LogP contribution in [0.15, 0.2) is 42.5 Å². The molecule has 2 atom stereocenters. The molecule has 2 fully saturated rings. The van der Waals surface area contributed by atoms with Crippen molar-refractivity contribution in [1.29, 1.82) is 0 Å². The van der Waals surface area contributed by atoms with Crippen molar-refractivity contribution in [1.82, 2.24) is 14.7 Å². The first kappa shape index (κ1) is 24.4. The molecule has 0 N–H and O–H groups in total. The molecule has 0 spiro atoms. The largest absolute Gasteiger partial charge is 0.497 e. The molecule has 1 aromatic heterocycles. The average molecular weight is 488 g/mol. The Kier molecular flexibility index (Phi) is 5.89. The summed E-state index contributed by atoms with van der Waals surface area (Å²) in [5.74, 6) is 1.42. The van der Waals surface area contributed by atoms with Crippen molar-refractivity contribution in [2.24, 2.45) is 10.8 Å². The molecule has 1 saturated carbocycles. The number of hydrogen-bond acceptors (Lipinski definition) is 4. The van der Waals surface area contributed by atoms with Crippen molar-refractivity contribution in [2.45, 2.75) is 59.9 Å². The number of nitrogens with zero attached hydrogens (tertiary/aromatic N) is 3. The number of benzene rings is 2. The van der Waals surface area contributed by atoms with Gasteiger partial charge in [0.2, 0.25) is 0 Å². The molecule has 6 heteroatoms. The maximum atomic E-state index is 14.2. The van der Waals surface area contributed by atoms with Gasteiger partial charge in [0.15, 0.2) is 0 Å². The molecule has 2 aliphatic rings. The Labute approximate surface area is 214 Å². The Bertz CT molecular complexity index is 1320. The average Bonchev–Trinajstić information content (AvgIpc) is 3.35. The second kappa shape index (κ2) is 8.68. The van der Waals surface area contributed by atoms with Crippen LogP contribution in [0.25, 0.3) is 16.9 Å². The number of carbonyl (C=O) groups is 1. The van der Waals surface area contributed by atoms with Crippen molar-refractivity contribution >= 4 is 5.91 Å². The molecule has 0 radical (unpaired) electrons. The van der Waals surface area contributed by atoms with Crippen LogP contribution in [-0.4, -0.2) is 47.4 Å². The Morgan fingerprint density at radius 2 is 1.78 bits per heavy atom. The van der Waals surface area contributed by atoms with Gasteiger partial charge in [0.1, 0.15) is 17.2 Å². The number of fused-ring (bicyclic) bond motifs is 2. The molecule has 1 amide bonds. The van der Waals surface area contributed by atoms with Crippen molar-refractivity contribution in [3.63, 3.8) is 0 Å². The van der Waals surface area contributed by atoms with Crippen LogP contribution < -0.4 is 9.47 Å². The van der Waals surface area contributed by atoms with Gasteiger partial charge in [0.05, 0.1) is 25.6 Å². The third-order valence-corrected chi connectivity index (χ3v) is 7.87. The van der Waals surface area contributed by atoms with Crippen molar-refractivity contribution in [3.8, 4) is 28.4 Å². The van der Waals surface area contributed by atoms with Crippen LogP contribution in [0.3, 0.4) is 0 Å². The summed E-state index contributed by atoms with van der Waals surface area (Å²) < 4.78 is 12.9. The molecule has 2 aromatic carbocycles. The first-order valence-electron chi connectivity index (χ1n) is 12.7. The highest BCUT2D eigenvalue weighted by atomic mass is 16.5. The predicted molar refractivity (Wildman–Crippen MR) is 142 cm³/mol. The number of likely N-dealkylation sites (tertiary alicyclic amines) is 1. The molecule has 1 aliphatic carbocycles. The smallest absolute Gasteiger partial charge is 0.272 e. The summed E-state index contributed by atoms with van der Waals surface area (Å²) in [6, 6.07) is 14.1. The lowest BCUT2D eigenvalue weighted by molar-refractivity contribution is 0.0699. The van der Waals surface area contributed by atoms with Crippen LogP contribution in [0.1, 0.15) is 61.6 Å². The third-order valence-electron chi connectivity index (χ3n) is 7.87. The van der Waals surface area contributed by atoms with E-state index in [1.54, 1.807) is 14.2 Å². The number of ether oxygens (including phenoxy) is 2. The molecular weight excluding hydrogens is 450 g/mol. The molecule has 2 heterocycles. The molecule has 1 aliphatic heterocycles. The molecule has 2 bridgehead atoms. The first-order chi connectivity index (χ1) is 17.0. The number of hydrogen-bond donors (Lipinski definition) is 0. The van der Waals surface area contributed by atoms with E-state index in [1.165, 1.54) is 5.56 Å². The van der Waals surface area contributed by atoms with E-state index < -0.39 is 0 Å². The van der Waals surface area contributed by atoms with Gasteiger partial charge in [-0.15, -0.1) is 0 Å². The highest BCUT2D eigenvalue weighted by Crippen LogP contribution is 2.52. The minimum Gasteiger partial charge on any atom is -0.497 e.